The predicted octanol–water partition coefficient (Wildman–Crippen LogP) is 3.45. The Kier molecular flexibility index (Phi) is 7.13. The molecule has 0 radical (unpaired) electrons. The molecule has 0 bridgehead atoms. The Balaban J connectivity index is 2.13. The second kappa shape index (κ2) is 8.43. The van der Waals surface area contributed by atoms with E-state index in [9.17, 15) is 0 Å². The topological polar surface area (TPSA) is 35.2 Å². The lowest BCUT2D eigenvalue weighted by atomic mass is 10.2. The average Bonchev–Trinajstić information content (AvgIpc) is 2.38. The van der Waals surface area contributed by atoms with E-state index in [1.54, 1.807) is 0 Å². The van der Waals surface area contributed by atoms with Gasteiger partial charge in [0.25, 0.3) is 0 Å². The highest BCUT2D eigenvalue weighted by Gasteiger charge is 1.99. The van der Waals surface area contributed by atoms with Crippen molar-refractivity contribution in [1.82, 2.24) is 0 Å². The lowest BCUT2D eigenvalue weighted by molar-refractivity contribution is 0.318. The van der Waals surface area contributed by atoms with E-state index in [1.165, 1.54) is 12.2 Å². The zero-order valence-electron chi connectivity index (χ0n) is 10.8. The summed E-state index contributed by atoms with van der Waals surface area (Å²) in [7, 11) is 0. The van der Waals surface area contributed by atoms with Gasteiger partial charge in [0.2, 0.25) is 0 Å². The van der Waals surface area contributed by atoms with Crippen LogP contribution in [0.1, 0.15) is 32.3 Å². The van der Waals surface area contributed by atoms with Crippen LogP contribution in [0.2, 0.25) is 0 Å². The van der Waals surface area contributed by atoms with Crippen LogP contribution in [0.3, 0.4) is 0 Å². The molecule has 2 N–H and O–H groups in total. The van der Waals surface area contributed by atoms with Crippen molar-refractivity contribution >= 4 is 11.8 Å². The third kappa shape index (κ3) is 5.99. The van der Waals surface area contributed by atoms with Gasteiger partial charge in [-0.25, -0.2) is 0 Å². The third-order valence-corrected chi connectivity index (χ3v) is 4.12. The maximum atomic E-state index is 5.67. The molecule has 17 heavy (non-hydrogen) atoms. The Morgan fingerprint density at radius 1 is 1.29 bits per heavy atom. The molecule has 1 unspecified atom stereocenters. The van der Waals surface area contributed by atoms with Crippen LogP contribution in [0.25, 0.3) is 0 Å². The molecule has 0 aliphatic heterocycles. The first-order valence-corrected chi connectivity index (χ1v) is 7.34. The summed E-state index contributed by atoms with van der Waals surface area (Å²) < 4.78 is 5.67. The van der Waals surface area contributed by atoms with Crippen molar-refractivity contribution in [3.05, 3.63) is 29.8 Å². The first-order valence-electron chi connectivity index (χ1n) is 6.29. The quantitative estimate of drug-likeness (QED) is 0.721. The Labute approximate surface area is 109 Å². The van der Waals surface area contributed by atoms with Gasteiger partial charge in [-0.3, -0.25) is 0 Å². The summed E-state index contributed by atoms with van der Waals surface area (Å²) in [6.07, 6.45) is 2.35. The molecule has 0 aromatic heterocycles. The van der Waals surface area contributed by atoms with Gasteiger partial charge >= 0.3 is 0 Å². The highest BCUT2D eigenvalue weighted by molar-refractivity contribution is 7.99. The van der Waals surface area contributed by atoms with Crippen LogP contribution < -0.4 is 10.5 Å². The standard InChI is InChI=1S/C14H23NOS/c1-3-12(2)17-10-4-9-16-14-7-5-13(11-15)6-8-14/h5-8,12H,3-4,9-11,15H2,1-2H3. The fourth-order valence-electron chi connectivity index (χ4n) is 1.37. The number of nitrogens with two attached hydrogens (primary N) is 1. The van der Waals surface area contributed by atoms with Gasteiger partial charge in [-0.1, -0.05) is 26.0 Å². The van der Waals surface area contributed by atoms with Gasteiger partial charge in [0.05, 0.1) is 6.61 Å². The Bertz CT molecular complexity index is 300. The van der Waals surface area contributed by atoms with E-state index in [4.69, 9.17) is 10.5 Å². The van der Waals surface area contributed by atoms with Crippen molar-refractivity contribution in [2.24, 2.45) is 5.73 Å². The molecule has 1 rings (SSSR count). The molecule has 3 heteroatoms. The fourth-order valence-corrected chi connectivity index (χ4v) is 2.30. The zero-order valence-corrected chi connectivity index (χ0v) is 11.6. The molecule has 0 fully saturated rings. The minimum absolute atomic E-state index is 0.589. The van der Waals surface area contributed by atoms with Crippen molar-refractivity contribution in [1.29, 1.82) is 0 Å². The molecule has 2 nitrogen and oxygen atoms in total. The molecule has 1 aromatic carbocycles. The summed E-state index contributed by atoms with van der Waals surface area (Å²) in [6, 6.07) is 8.01. The van der Waals surface area contributed by atoms with Crippen molar-refractivity contribution in [2.75, 3.05) is 12.4 Å². The molecule has 1 aromatic rings. The highest BCUT2D eigenvalue weighted by Crippen LogP contribution is 2.15. The average molecular weight is 253 g/mol. The summed E-state index contributed by atoms with van der Waals surface area (Å²) in [5.74, 6) is 2.12. The minimum atomic E-state index is 0.589. The molecule has 0 aliphatic rings. The second-order valence-corrected chi connectivity index (χ2v) is 5.69. The van der Waals surface area contributed by atoms with Gasteiger partial charge in [-0.2, -0.15) is 11.8 Å². The first-order chi connectivity index (χ1) is 8.26. The monoisotopic (exact) mass is 253 g/mol. The lowest BCUT2D eigenvalue weighted by Crippen LogP contribution is -2.02. The Morgan fingerprint density at radius 3 is 2.59 bits per heavy atom. The predicted molar refractivity (Wildman–Crippen MR) is 76.7 cm³/mol. The molecule has 0 saturated carbocycles. The Hall–Kier alpha value is -0.670. The zero-order chi connectivity index (χ0) is 12.5. The maximum absolute atomic E-state index is 5.67. The number of benzene rings is 1. The van der Waals surface area contributed by atoms with Gasteiger partial charge in [-0.15, -0.1) is 0 Å². The summed E-state index contributed by atoms with van der Waals surface area (Å²) in [6.45, 7) is 5.89. The van der Waals surface area contributed by atoms with Crippen molar-refractivity contribution in [3.8, 4) is 5.75 Å². The van der Waals surface area contributed by atoms with Crippen molar-refractivity contribution < 1.29 is 4.74 Å². The van der Waals surface area contributed by atoms with E-state index >= 15 is 0 Å². The summed E-state index contributed by atoms with van der Waals surface area (Å²) in [4.78, 5) is 0. The number of ether oxygens (including phenoxy) is 1. The van der Waals surface area contributed by atoms with Gasteiger partial charge in [0, 0.05) is 11.8 Å². The molecular formula is C14H23NOS. The minimum Gasteiger partial charge on any atom is -0.494 e. The van der Waals surface area contributed by atoms with Crippen LogP contribution in [0.5, 0.6) is 5.75 Å². The molecule has 0 spiro atoms. The third-order valence-electron chi connectivity index (χ3n) is 2.69. The fraction of sp³-hybridized carbons (Fsp3) is 0.571. The number of hydrogen-bond donors (Lipinski definition) is 1. The van der Waals surface area contributed by atoms with Crippen LogP contribution in [0, 0.1) is 0 Å². The molecule has 0 heterocycles. The van der Waals surface area contributed by atoms with Crippen LogP contribution in [-0.4, -0.2) is 17.6 Å². The van der Waals surface area contributed by atoms with Gasteiger partial charge < -0.3 is 10.5 Å². The summed E-state index contributed by atoms with van der Waals surface area (Å²) in [5.41, 5.74) is 6.68. The van der Waals surface area contributed by atoms with Crippen molar-refractivity contribution in [2.45, 2.75) is 38.5 Å². The van der Waals surface area contributed by atoms with Crippen LogP contribution >= 0.6 is 11.8 Å². The molecular weight excluding hydrogens is 230 g/mol. The lowest BCUT2D eigenvalue weighted by Gasteiger charge is -2.09. The largest absolute Gasteiger partial charge is 0.494 e. The van der Waals surface area contributed by atoms with E-state index in [1.807, 2.05) is 36.0 Å². The normalized spacial score (nSPS) is 12.4. The summed E-state index contributed by atoms with van der Waals surface area (Å²) in [5, 5.41) is 0.763. The molecule has 0 amide bonds. The van der Waals surface area contributed by atoms with Crippen LogP contribution in [-0.2, 0) is 6.54 Å². The van der Waals surface area contributed by atoms with Gasteiger partial charge in [0.1, 0.15) is 5.75 Å². The molecule has 1 atom stereocenters. The van der Waals surface area contributed by atoms with E-state index in [0.29, 0.717) is 6.54 Å². The SMILES string of the molecule is CCC(C)SCCCOc1ccc(CN)cc1. The van der Waals surface area contributed by atoms with Crippen LogP contribution in [0.15, 0.2) is 24.3 Å². The molecule has 96 valence electrons. The molecule has 0 saturated heterocycles. The van der Waals surface area contributed by atoms with Crippen LogP contribution in [0.4, 0.5) is 0 Å². The molecule has 0 aliphatic carbocycles. The highest BCUT2D eigenvalue weighted by atomic mass is 32.2. The van der Waals surface area contributed by atoms with E-state index in [2.05, 4.69) is 13.8 Å². The van der Waals surface area contributed by atoms with E-state index in [0.717, 1.165) is 29.6 Å². The Morgan fingerprint density at radius 2 is 2.00 bits per heavy atom. The first kappa shape index (κ1) is 14.4. The maximum Gasteiger partial charge on any atom is 0.119 e. The van der Waals surface area contributed by atoms with Crippen molar-refractivity contribution in [3.63, 3.8) is 0 Å². The van der Waals surface area contributed by atoms with Gasteiger partial charge in [-0.05, 0) is 36.3 Å². The second-order valence-electron chi connectivity index (χ2n) is 4.14. The number of thioether (sulfide) groups is 1. The van der Waals surface area contributed by atoms with E-state index in [-0.39, 0.29) is 0 Å². The van der Waals surface area contributed by atoms with Gasteiger partial charge in [0.15, 0.2) is 0 Å². The number of hydrogen-bond acceptors (Lipinski definition) is 3. The number of rotatable bonds is 8. The van der Waals surface area contributed by atoms with E-state index < -0.39 is 0 Å². The summed E-state index contributed by atoms with van der Waals surface area (Å²) >= 11 is 2.02. The smallest absolute Gasteiger partial charge is 0.119 e.